The number of rotatable bonds is 3. The van der Waals surface area contributed by atoms with Gasteiger partial charge in [-0.3, -0.25) is 9.89 Å². The molecule has 138 valence electrons. The lowest BCUT2D eigenvalue weighted by atomic mass is 9.86. The number of nitrogens with one attached hydrogen (secondary N) is 2. The third-order valence-electron chi connectivity index (χ3n) is 5.89. The Morgan fingerprint density at radius 3 is 2.70 bits per heavy atom. The molecule has 27 heavy (non-hydrogen) atoms. The average molecular weight is 402 g/mol. The van der Waals surface area contributed by atoms with Gasteiger partial charge in [-0.05, 0) is 60.6 Å². The van der Waals surface area contributed by atoms with Gasteiger partial charge in [-0.1, -0.05) is 29.3 Å². The molecule has 7 heteroatoms. The molecule has 0 spiro atoms. The van der Waals surface area contributed by atoms with Gasteiger partial charge in [0.2, 0.25) is 0 Å². The standard InChI is InChI=1S/C20H17Cl2N3O2/c21-11-3-1-2-10(4-11)19(26)24-18-13-7-20(27,8-14(13)18)16-5-12(22)6-17-15(16)9-23-25-17/h1-6,9,13-14,18,27H,7-8H2,(H,23,25)(H,24,26). The summed E-state index contributed by atoms with van der Waals surface area (Å²) in [5, 5.41) is 23.3. The second-order valence-corrected chi connectivity index (χ2v) is 8.43. The number of aromatic nitrogens is 2. The molecule has 1 heterocycles. The fourth-order valence-corrected chi connectivity index (χ4v) is 4.97. The number of nitrogens with zero attached hydrogens (tertiary/aromatic N) is 1. The molecule has 2 saturated carbocycles. The van der Waals surface area contributed by atoms with Gasteiger partial charge in [0.15, 0.2) is 0 Å². The predicted molar refractivity (Wildman–Crippen MR) is 104 cm³/mol. The van der Waals surface area contributed by atoms with E-state index in [4.69, 9.17) is 23.2 Å². The summed E-state index contributed by atoms with van der Waals surface area (Å²) >= 11 is 12.2. The van der Waals surface area contributed by atoms with E-state index in [-0.39, 0.29) is 23.8 Å². The third kappa shape index (κ3) is 2.81. The number of carbonyl (C=O) groups excluding carboxylic acids is 1. The lowest BCUT2D eigenvalue weighted by Crippen LogP contribution is -2.33. The number of benzene rings is 2. The highest BCUT2D eigenvalue weighted by molar-refractivity contribution is 6.31. The Morgan fingerprint density at radius 1 is 1.19 bits per heavy atom. The van der Waals surface area contributed by atoms with Crippen molar-refractivity contribution in [3.8, 4) is 0 Å². The number of hydrogen-bond donors (Lipinski definition) is 3. The maximum absolute atomic E-state index is 12.4. The van der Waals surface area contributed by atoms with Crippen LogP contribution in [0.15, 0.2) is 42.6 Å². The zero-order chi connectivity index (χ0) is 18.8. The molecular weight excluding hydrogens is 385 g/mol. The Hall–Kier alpha value is -2.08. The molecule has 1 aromatic heterocycles. The van der Waals surface area contributed by atoms with Crippen LogP contribution in [0.5, 0.6) is 0 Å². The van der Waals surface area contributed by atoms with Crippen molar-refractivity contribution in [2.24, 2.45) is 11.8 Å². The largest absolute Gasteiger partial charge is 0.385 e. The van der Waals surface area contributed by atoms with Crippen LogP contribution in [0.4, 0.5) is 0 Å². The van der Waals surface area contributed by atoms with Gasteiger partial charge in [-0.15, -0.1) is 0 Å². The van der Waals surface area contributed by atoms with E-state index in [9.17, 15) is 9.90 Å². The molecule has 2 unspecified atom stereocenters. The van der Waals surface area contributed by atoms with Crippen molar-refractivity contribution in [3.05, 3.63) is 63.8 Å². The summed E-state index contributed by atoms with van der Waals surface area (Å²) in [7, 11) is 0. The van der Waals surface area contributed by atoms with Crippen LogP contribution in [0, 0.1) is 11.8 Å². The van der Waals surface area contributed by atoms with E-state index in [0.29, 0.717) is 28.5 Å². The molecule has 2 atom stereocenters. The third-order valence-corrected chi connectivity index (χ3v) is 6.34. The van der Waals surface area contributed by atoms with Crippen LogP contribution in [0.1, 0.15) is 28.8 Å². The molecule has 2 aromatic carbocycles. The minimum absolute atomic E-state index is 0.0933. The molecule has 2 aliphatic carbocycles. The van der Waals surface area contributed by atoms with Crippen LogP contribution in [0.25, 0.3) is 10.9 Å². The molecule has 2 aliphatic rings. The van der Waals surface area contributed by atoms with Crippen LogP contribution in [0.3, 0.4) is 0 Å². The van der Waals surface area contributed by atoms with Gasteiger partial charge < -0.3 is 10.4 Å². The Kier molecular flexibility index (Phi) is 3.76. The van der Waals surface area contributed by atoms with E-state index in [2.05, 4.69) is 15.5 Å². The molecule has 0 aliphatic heterocycles. The molecule has 3 N–H and O–H groups in total. The topological polar surface area (TPSA) is 78.0 Å². The fraction of sp³-hybridized carbons (Fsp3) is 0.300. The first-order valence-electron chi connectivity index (χ1n) is 8.86. The predicted octanol–water partition coefficient (Wildman–Crippen LogP) is 3.90. The van der Waals surface area contributed by atoms with Gasteiger partial charge in [-0.2, -0.15) is 5.10 Å². The molecule has 1 amide bonds. The number of amides is 1. The highest BCUT2D eigenvalue weighted by Crippen LogP contribution is 2.60. The number of hydrogen-bond acceptors (Lipinski definition) is 3. The lowest BCUT2D eigenvalue weighted by molar-refractivity contribution is 0.0293. The monoisotopic (exact) mass is 401 g/mol. The van der Waals surface area contributed by atoms with Crippen molar-refractivity contribution >= 4 is 40.0 Å². The van der Waals surface area contributed by atoms with E-state index in [0.717, 1.165) is 16.5 Å². The summed E-state index contributed by atoms with van der Waals surface area (Å²) in [6, 6.07) is 10.6. The molecule has 5 rings (SSSR count). The minimum atomic E-state index is -0.945. The lowest BCUT2D eigenvalue weighted by Gasteiger charge is -2.27. The summed E-state index contributed by atoms with van der Waals surface area (Å²) in [4.78, 5) is 12.4. The quantitative estimate of drug-likeness (QED) is 0.622. The molecular formula is C20H17Cl2N3O2. The maximum Gasteiger partial charge on any atom is 0.251 e. The van der Waals surface area contributed by atoms with Gasteiger partial charge in [0, 0.05) is 27.0 Å². The molecule has 3 aromatic rings. The van der Waals surface area contributed by atoms with Gasteiger partial charge in [0.25, 0.3) is 5.91 Å². The van der Waals surface area contributed by atoms with Crippen LogP contribution >= 0.6 is 23.2 Å². The first kappa shape index (κ1) is 17.0. The van der Waals surface area contributed by atoms with Gasteiger partial charge >= 0.3 is 0 Å². The van der Waals surface area contributed by atoms with Crippen molar-refractivity contribution in [2.75, 3.05) is 0 Å². The first-order valence-corrected chi connectivity index (χ1v) is 9.62. The van der Waals surface area contributed by atoms with Gasteiger partial charge in [0.1, 0.15) is 0 Å². The van der Waals surface area contributed by atoms with Crippen LogP contribution in [-0.2, 0) is 5.60 Å². The fourth-order valence-electron chi connectivity index (χ4n) is 4.56. The molecule has 0 saturated heterocycles. The van der Waals surface area contributed by atoms with Crippen molar-refractivity contribution in [3.63, 3.8) is 0 Å². The highest BCUT2D eigenvalue weighted by Gasteiger charge is 2.62. The van der Waals surface area contributed by atoms with Crippen LogP contribution in [0.2, 0.25) is 10.0 Å². The second kappa shape index (κ2) is 5.96. The average Bonchev–Trinajstić information content (AvgIpc) is 3.01. The van der Waals surface area contributed by atoms with Crippen molar-refractivity contribution in [1.29, 1.82) is 0 Å². The maximum atomic E-state index is 12.4. The number of aliphatic hydroxyl groups is 1. The van der Waals surface area contributed by atoms with E-state index >= 15 is 0 Å². The smallest absolute Gasteiger partial charge is 0.251 e. The summed E-state index contributed by atoms with van der Waals surface area (Å²) in [6.45, 7) is 0. The van der Waals surface area contributed by atoms with Gasteiger partial charge in [0.05, 0.1) is 17.3 Å². The normalized spacial score (nSPS) is 28.9. The van der Waals surface area contributed by atoms with E-state index in [1.807, 2.05) is 6.07 Å². The van der Waals surface area contributed by atoms with E-state index in [1.165, 1.54) is 0 Å². The molecule has 2 fully saturated rings. The molecule has 0 bridgehead atoms. The highest BCUT2D eigenvalue weighted by atomic mass is 35.5. The summed E-state index contributed by atoms with van der Waals surface area (Å²) in [6.07, 6.45) is 2.92. The van der Waals surface area contributed by atoms with Crippen LogP contribution in [-0.4, -0.2) is 27.3 Å². The number of halogens is 2. The summed E-state index contributed by atoms with van der Waals surface area (Å²) in [5.74, 6) is 0.401. The Morgan fingerprint density at radius 2 is 1.96 bits per heavy atom. The van der Waals surface area contributed by atoms with Gasteiger partial charge in [-0.25, -0.2) is 0 Å². The molecule has 5 nitrogen and oxygen atoms in total. The zero-order valence-electron chi connectivity index (χ0n) is 14.2. The van der Waals surface area contributed by atoms with Crippen molar-refractivity contribution in [1.82, 2.24) is 15.5 Å². The SMILES string of the molecule is O=C(NC1C2CC(O)(c3cc(Cl)cc4[nH]ncc34)CC21)c1cccc(Cl)c1. The zero-order valence-corrected chi connectivity index (χ0v) is 15.8. The number of fused-ring (bicyclic) bond motifs is 2. The Balaban J connectivity index is 1.33. The minimum Gasteiger partial charge on any atom is -0.385 e. The second-order valence-electron chi connectivity index (χ2n) is 7.56. The van der Waals surface area contributed by atoms with E-state index in [1.54, 1.807) is 36.5 Å². The number of H-pyrrole nitrogens is 1. The van der Waals surface area contributed by atoms with Crippen molar-refractivity contribution < 1.29 is 9.90 Å². The van der Waals surface area contributed by atoms with Crippen LogP contribution < -0.4 is 5.32 Å². The van der Waals surface area contributed by atoms with E-state index < -0.39 is 5.60 Å². The summed E-state index contributed by atoms with van der Waals surface area (Å²) < 4.78 is 0. The van der Waals surface area contributed by atoms with Crippen molar-refractivity contribution in [2.45, 2.75) is 24.5 Å². The molecule has 0 radical (unpaired) electrons. The number of aromatic amines is 1. The first-order chi connectivity index (χ1) is 12.9. The number of carbonyl (C=O) groups is 1. The summed E-state index contributed by atoms with van der Waals surface area (Å²) in [5.41, 5.74) is 1.24. The Labute approximate surface area is 165 Å². The Bertz CT molecular complexity index is 1050.